The third kappa shape index (κ3) is 2.73. The van der Waals surface area contributed by atoms with Gasteiger partial charge in [-0.05, 0) is 39.0 Å². The molecule has 1 unspecified atom stereocenters. The molecule has 0 fully saturated rings. The van der Waals surface area contributed by atoms with E-state index in [2.05, 4.69) is 6.58 Å². The Balaban J connectivity index is 2.47. The first-order valence-electron chi connectivity index (χ1n) is 6.17. The largest absolute Gasteiger partial charge is 0.306 e. The zero-order valence-corrected chi connectivity index (χ0v) is 12.2. The third-order valence-corrected chi connectivity index (χ3v) is 4.14. The molecule has 100 valence electrons. The highest BCUT2D eigenvalue weighted by Gasteiger charge is 2.30. The lowest BCUT2D eigenvalue weighted by atomic mass is 10.1. The normalized spacial score (nSPS) is 18.2. The molecule has 1 aliphatic heterocycles. The molecule has 1 atom stereocenters. The van der Waals surface area contributed by atoms with Crippen LogP contribution in [0.5, 0.6) is 0 Å². The number of nitrogens with zero attached hydrogens (tertiary/aromatic N) is 1. The van der Waals surface area contributed by atoms with Gasteiger partial charge in [0, 0.05) is 17.0 Å². The van der Waals surface area contributed by atoms with Crippen LogP contribution in [0.25, 0.3) is 0 Å². The molecule has 1 heterocycles. The summed E-state index contributed by atoms with van der Waals surface area (Å²) in [7, 11) is 0. The fourth-order valence-corrected chi connectivity index (χ4v) is 3.17. The second-order valence-corrected chi connectivity index (χ2v) is 6.26. The number of carbonyl (C=O) groups excluding carboxylic acids is 2. The zero-order chi connectivity index (χ0) is 14.2. The number of amides is 1. The van der Waals surface area contributed by atoms with Crippen LogP contribution in [-0.4, -0.2) is 23.5 Å². The Morgan fingerprint density at radius 2 is 2.11 bits per heavy atom. The molecule has 0 saturated heterocycles. The van der Waals surface area contributed by atoms with Crippen LogP contribution in [0.1, 0.15) is 31.1 Å². The fraction of sp³-hybridized carbons (Fsp3) is 0.333. The van der Waals surface area contributed by atoms with Crippen molar-refractivity contribution in [2.45, 2.75) is 30.9 Å². The van der Waals surface area contributed by atoms with Gasteiger partial charge in [0.05, 0.1) is 10.9 Å². The van der Waals surface area contributed by atoms with Crippen molar-refractivity contribution in [1.29, 1.82) is 0 Å². The molecule has 0 bridgehead atoms. The summed E-state index contributed by atoms with van der Waals surface area (Å²) in [6.07, 6.45) is 0. The molecule has 1 aliphatic rings. The minimum absolute atomic E-state index is 0.0411. The molecule has 19 heavy (non-hydrogen) atoms. The number of benzene rings is 1. The van der Waals surface area contributed by atoms with E-state index in [9.17, 15) is 9.59 Å². The third-order valence-electron chi connectivity index (χ3n) is 3.00. The number of fused-ring (bicyclic) bond motifs is 1. The SMILES string of the molecule is C=C(C)CN1C(=O)C(C)Sc2cc(C(C)=O)ccc21. The van der Waals surface area contributed by atoms with E-state index in [0.717, 1.165) is 16.2 Å². The summed E-state index contributed by atoms with van der Waals surface area (Å²) < 4.78 is 0. The highest BCUT2D eigenvalue weighted by atomic mass is 32.2. The average Bonchev–Trinajstić information content (AvgIpc) is 2.33. The summed E-state index contributed by atoms with van der Waals surface area (Å²) in [6.45, 7) is 9.74. The van der Waals surface area contributed by atoms with Crippen molar-refractivity contribution in [3.63, 3.8) is 0 Å². The van der Waals surface area contributed by atoms with Gasteiger partial charge in [0.25, 0.3) is 0 Å². The summed E-state index contributed by atoms with van der Waals surface area (Å²) in [5.74, 6) is 0.135. The number of Topliss-reactive ketones (excluding diaryl/α,β-unsaturated/α-hetero) is 1. The van der Waals surface area contributed by atoms with E-state index >= 15 is 0 Å². The van der Waals surface area contributed by atoms with Crippen molar-refractivity contribution in [1.82, 2.24) is 0 Å². The Morgan fingerprint density at radius 1 is 1.42 bits per heavy atom. The lowest BCUT2D eigenvalue weighted by Gasteiger charge is -2.32. The molecular formula is C15H17NO2S. The van der Waals surface area contributed by atoms with Crippen LogP contribution in [0.15, 0.2) is 35.2 Å². The van der Waals surface area contributed by atoms with Crippen LogP contribution in [0.2, 0.25) is 0 Å². The maximum absolute atomic E-state index is 12.2. The Labute approximate surface area is 117 Å². The first-order valence-corrected chi connectivity index (χ1v) is 7.05. The maximum Gasteiger partial charge on any atom is 0.240 e. The lowest BCUT2D eigenvalue weighted by molar-refractivity contribution is -0.117. The van der Waals surface area contributed by atoms with Gasteiger partial charge in [-0.1, -0.05) is 12.2 Å². The Bertz CT molecular complexity index is 565. The van der Waals surface area contributed by atoms with Gasteiger partial charge in [0.15, 0.2) is 5.78 Å². The molecule has 1 aromatic carbocycles. The second-order valence-electron chi connectivity index (χ2n) is 4.88. The van der Waals surface area contributed by atoms with Crippen LogP contribution in [0.4, 0.5) is 5.69 Å². The number of ketones is 1. The highest BCUT2D eigenvalue weighted by molar-refractivity contribution is 8.01. The first kappa shape index (κ1) is 13.9. The van der Waals surface area contributed by atoms with Crippen molar-refractivity contribution in [2.75, 3.05) is 11.4 Å². The summed E-state index contributed by atoms with van der Waals surface area (Å²) in [4.78, 5) is 26.4. The van der Waals surface area contributed by atoms with Crippen molar-refractivity contribution in [3.05, 3.63) is 35.9 Å². The topological polar surface area (TPSA) is 37.4 Å². The summed E-state index contributed by atoms with van der Waals surface area (Å²) >= 11 is 1.51. The average molecular weight is 275 g/mol. The van der Waals surface area contributed by atoms with Gasteiger partial charge in [-0.25, -0.2) is 0 Å². The standard InChI is InChI=1S/C15H17NO2S/c1-9(2)8-16-13-6-5-12(10(3)17)7-14(13)19-11(4)15(16)18/h5-7,11H,1,8H2,2-4H3. The monoisotopic (exact) mass is 275 g/mol. The van der Waals surface area contributed by atoms with Crippen LogP contribution in [-0.2, 0) is 4.79 Å². The van der Waals surface area contributed by atoms with Gasteiger partial charge < -0.3 is 4.90 Å². The number of carbonyl (C=O) groups is 2. The minimum atomic E-state index is -0.131. The van der Waals surface area contributed by atoms with E-state index in [-0.39, 0.29) is 16.9 Å². The van der Waals surface area contributed by atoms with Gasteiger partial charge in [0.2, 0.25) is 5.91 Å². The minimum Gasteiger partial charge on any atom is -0.306 e. The Morgan fingerprint density at radius 3 is 2.68 bits per heavy atom. The van der Waals surface area contributed by atoms with Crippen LogP contribution in [0.3, 0.4) is 0 Å². The molecule has 0 aromatic heterocycles. The van der Waals surface area contributed by atoms with E-state index in [1.54, 1.807) is 17.9 Å². The van der Waals surface area contributed by atoms with Gasteiger partial charge in [-0.15, -0.1) is 11.8 Å². The predicted octanol–water partition coefficient (Wildman–Crippen LogP) is 3.29. The van der Waals surface area contributed by atoms with E-state index < -0.39 is 0 Å². The van der Waals surface area contributed by atoms with E-state index in [4.69, 9.17) is 0 Å². The lowest BCUT2D eigenvalue weighted by Crippen LogP contribution is -2.40. The number of hydrogen-bond acceptors (Lipinski definition) is 3. The summed E-state index contributed by atoms with van der Waals surface area (Å²) in [5, 5.41) is -0.131. The fourth-order valence-electron chi connectivity index (χ4n) is 2.06. The number of rotatable bonds is 3. The van der Waals surface area contributed by atoms with Crippen LogP contribution < -0.4 is 4.90 Å². The zero-order valence-electron chi connectivity index (χ0n) is 11.4. The predicted molar refractivity (Wildman–Crippen MR) is 78.9 cm³/mol. The van der Waals surface area contributed by atoms with E-state index in [1.165, 1.54) is 11.8 Å². The van der Waals surface area contributed by atoms with Gasteiger partial charge in [0.1, 0.15) is 0 Å². The molecular weight excluding hydrogens is 258 g/mol. The van der Waals surface area contributed by atoms with E-state index in [1.807, 2.05) is 26.0 Å². The number of hydrogen-bond donors (Lipinski definition) is 0. The summed E-state index contributed by atoms with van der Waals surface area (Å²) in [5.41, 5.74) is 2.50. The van der Waals surface area contributed by atoms with Crippen LogP contribution in [0, 0.1) is 0 Å². The molecule has 3 nitrogen and oxygen atoms in total. The number of thioether (sulfide) groups is 1. The van der Waals surface area contributed by atoms with Crippen molar-refractivity contribution in [3.8, 4) is 0 Å². The van der Waals surface area contributed by atoms with Gasteiger partial charge in [-0.3, -0.25) is 9.59 Å². The highest BCUT2D eigenvalue weighted by Crippen LogP contribution is 2.39. The van der Waals surface area contributed by atoms with Gasteiger partial charge >= 0.3 is 0 Å². The molecule has 2 rings (SSSR count). The number of anilines is 1. The molecule has 0 spiro atoms. The molecule has 0 radical (unpaired) electrons. The van der Waals surface area contributed by atoms with Crippen molar-refractivity contribution >= 4 is 29.1 Å². The quantitative estimate of drug-likeness (QED) is 0.627. The molecule has 4 heteroatoms. The molecule has 0 aliphatic carbocycles. The first-order chi connectivity index (χ1) is 8.90. The smallest absolute Gasteiger partial charge is 0.240 e. The summed E-state index contributed by atoms with van der Waals surface area (Å²) in [6, 6.07) is 5.50. The Hall–Kier alpha value is -1.55. The van der Waals surface area contributed by atoms with Crippen LogP contribution >= 0.6 is 11.8 Å². The second kappa shape index (κ2) is 5.21. The molecule has 0 saturated carbocycles. The van der Waals surface area contributed by atoms with E-state index in [0.29, 0.717) is 12.1 Å². The van der Waals surface area contributed by atoms with Gasteiger partial charge in [-0.2, -0.15) is 0 Å². The Kier molecular flexibility index (Phi) is 3.80. The molecule has 0 N–H and O–H groups in total. The molecule has 1 aromatic rings. The maximum atomic E-state index is 12.2. The van der Waals surface area contributed by atoms with Crippen molar-refractivity contribution < 1.29 is 9.59 Å². The van der Waals surface area contributed by atoms with Crippen molar-refractivity contribution in [2.24, 2.45) is 0 Å². The molecule has 1 amide bonds.